The zero-order valence-electron chi connectivity index (χ0n) is 17.1. The molecule has 6 nitrogen and oxygen atoms in total. The van der Waals surface area contributed by atoms with Crippen LogP contribution in [0.3, 0.4) is 0 Å². The Morgan fingerprint density at radius 1 is 1.15 bits per heavy atom. The number of nitrogens with one attached hydrogen (secondary N) is 2. The molecule has 0 bridgehead atoms. The van der Waals surface area contributed by atoms with E-state index in [-0.39, 0.29) is 0 Å². The molecule has 0 radical (unpaired) electrons. The van der Waals surface area contributed by atoms with Crippen molar-refractivity contribution in [1.82, 2.24) is 25.4 Å². The highest BCUT2D eigenvalue weighted by Gasteiger charge is 2.14. The summed E-state index contributed by atoms with van der Waals surface area (Å²) in [7, 11) is 0. The number of aryl methyl sites for hydroxylation is 1. The highest BCUT2D eigenvalue weighted by Crippen LogP contribution is 2.14. The number of hydrogen-bond donors (Lipinski definition) is 2. The van der Waals surface area contributed by atoms with Gasteiger partial charge in [-0.3, -0.25) is 4.99 Å². The SMILES string of the molecule is CCCCC(CC)CN=C(NCC)NCCc1nnc2n1CCCCC2. The Kier molecular flexibility index (Phi) is 9.50. The molecule has 0 saturated carbocycles. The van der Waals surface area contributed by atoms with Crippen molar-refractivity contribution in [3.63, 3.8) is 0 Å². The average molecular weight is 363 g/mol. The van der Waals surface area contributed by atoms with Gasteiger partial charge in [0.05, 0.1) is 0 Å². The molecule has 26 heavy (non-hydrogen) atoms. The molecule has 0 fully saturated rings. The van der Waals surface area contributed by atoms with E-state index in [4.69, 9.17) is 4.99 Å². The molecule has 0 spiro atoms. The molecule has 1 aliphatic heterocycles. The van der Waals surface area contributed by atoms with E-state index in [0.29, 0.717) is 5.92 Å². The minimum atomic E-state index is 0.692. The standard InChI is InChI=1S/C20H38N6/c1-4-7-11-17(5-2)16-23-20(21-6-3)22-14-13-19-25-24-18-12-9-8-10-15-26(18)19/h17H,4-16H2,1-3H3,(H2,21,22,23). The summed E-state index contributed by atoms with van der Waals surface area (Å²) in [6.07, 6.45) is 10.8. The van der Waals surface area contributed by atoms with Crippen LogP contribution in [-0.4, -0.2) is 40.4 Å². The van der Waals surface area contributed by atoms with Crippen LogP contribution in [0.25, 0.3) is 0 Å². The van der Waals surface area contributed by atoms with Crippen LogP contribution >= 0.6 is 0 Å². The Hall–Kier alpha value is -1.59. The van der Waals surface area contributed by atoms with Crippen LogP contribution in [0.5, 0.6) is 0 Å². The normalized spacial score (nSPS) is 16.0. The summed E-state index contributed by atoms with van der Waals surface area (Å²) >= 11 is 0. The fourth-order valence-electron chi connectivity index (χ4n) is 3.50. The van der Waals surface area contributed by atoms with E-state index in [0.717, 1.165) is 50.8 Å². The van der Waals surface area contributed by atoms with Crippen molar-refractivity contribution >= 4 is 5.96 Å². The Bertz CT molecular complexity index is 536. The predicted octanol–water partition coefficient (Wildman–Crippen LogP) is 3.32. The quantitative estimate of drug-likeness (QED) is 0.495. The summed E-state index contributed by atoms with van der Waals surface area (Å²) in [5.41, 5.74) is 0. The molecule has 2 N–H and O–H groups in total. The first-order valence-electron chi connectivity index (χ1n) is 10.7. The number of nitrogens with zero attached hydrogens (tertiary/aromatic N) is 4. The highest BCUT2D eigenvalue weighted by atomic mass is 15.3. The maximum absolute atomic E-state index is 4.81. The largest absolute Gasteiger partial charge is 0.357 e. The van der Waals surface area contributed by atoms with Gasteiger partial charge < -0.3 is 15.2 Å². The Morgan fingerprint density at radius 3 is 2.81 bits per heavy atom. The fraction of sp³-hybridized carbons (Fsp3) is 0.850. The second-order valence-corrected chi connectivity index (χ2v) is 7.31. The third-order valence-corrected chi connectivity index (χ3v) is 5.22. The van der Waals surface area contributed by atoms with Gasteiger partial charge in [0.1, 0.15) is 11.6 Å². The van der Waals surface area contributed by atoms with Gasteiger partial charge >= 0.3 is 0 Å². The number of unbranched alkanes of at least 4 members (excludes halogenated alkanes) is 1. The summed E-state index contributed by atoms with van der Waals surface area (Å²) in [6.45, 7) is 10.4. The van der Waals surface area contributed by atoms with Crippen molar-refractivity contribution in [3.05, 3.63) is 11.6 Å². The second kappa shape index (κ2) is 11.9. The van der Waals surface area contributed by atoms with E-state index < -0.39 is 0 Å². The molecule has 148 valence electrons. The van der Waals surface area contributed by atoms with Gasteiger partial charge in [0.25, 0.3) is 0 Å². The van der Waals surface area contributed by atoms with Gasteiger partial charge in [0.15, 0.2) is 5.96 Å². The molecule has 2 rings (SSSR count). The highest BCUT2D eigenvalue weighted by molar-refractivity contribution is 5.79. The Labute approximate surface area is 159 Å². The van der Waals surface area contributed by atoms with E-state index in [1.165, 1.54) is 50.8 Å². The van der Waals surface area contributed by atoms with Crippen molar-refractivity contribution in [2.75, 3.05) is 19.6 Å². The molecule has 6 heteroatoms. The second-order valence-electron chi connectivity index (χ2n) is 7.31. The minimum absolute atomic E-state index is 0.692. The van der Waals surface area contributed by atoms with Crippen LogP contribution in [-0.2, 0) is 19.4 Å². The predicted molar refractivity (Wildman–Crippen MR) is 109 cm³/mol. The van der Waals surface area contributed by atoms with Gasteiger partial charge in [-0.05, 0) is 32.1 Å². The first-order valence-corrected chi connectivity index (χ1v) is 10.7. The molecule has 1 unspecified atom stereocenters. The van der Waals surface area contributed by atoms with Crippen molar-refractivity contribution in [1.29, 1.82) is 0 Å². The third-order valence-electron chi connectivity index (χ3n) is 5.22. The maximum atomic E-state index is 4.81. The molecule has 0 aliphatic carbocycles. The average Bonchev–Trinajstić information content (AvgIpc) is 2.88. The summed E-state index contributed by atoms with van der Waals surface area (Å²) in [5, 5.41) is 15.6. The summed E-state index contributed by atoms with van der Waals surface area (Å²) in [6, 6.07) is 0. The third kappa shape index (κ3) is 6.61. The molecule has 1 atom stereocenters. The first kappa shape index (κ1) is 20.7. The molecule has 1 aliphatic rings. The molecular weight excluding hydrogens is 324 g/mol. The lowest BCUT2D eigenvalue weighted by molar-refractivity contribution is 0.461. The molecule has 2 heterocycles. The lowest BCUT2D eigenvalue weighted by Crippen LogP contribution is -2.39. The van der Waals surface area contributed by atoms with Crippen LogP contribution in [0, 0.1) is 5.92 Å². The topological polar surface area (TPSA) is 67.1 Å². The van der Waals surface area contributed by atoms with E-state index in [1.54, 1.807) is 0 Å². The maximum Gasteiger partial charge on any atom is 0.191 e. The monoisotopic (exact) mass is 362 g/mol. The van der Waals surface area contributed by atoms with Gasteiger partial charge in [-0.15, -0.1) is 10.2 Å². The summed E-state index contributed by atoms with van der Waals surface area (Å²) < 4.78 is 2.33. The van der Waals surface area contributed by atoms with E-state index >= 15 is 0 Å². The molecule has 1 aromatic heterocycles. The summed E-state index contributed by atoms with van der Waals surface area (Å²) in [4.78, 5) is 4.81. The van der Waals surface area contributed by atoms with Crippen molar-refractivity contribution in [2.24, 2.45) is 10.9 Å². The Morgan fingerprint density at radius 2 is 2.04 bits per heavy atom. The number of aliphatic imine (C=N–C) groups is 1. The molecular formula is C20H38N6. The zero-order valence-corrected chi connectivity index (χ0v) is 17.1. The van der Waals surface area contributed by atoms with Crippen molar-refractivity contribution in [2.45, 2.75) is 85.1 Å². The number of fused-ring (bicyclic) bond motifs is 1. The van der Waals surface area contributed by atoms with Crippen LogP contribution in [0.4, 0.5) is 0 Å². The van der Waals surface area contributed by atoms with Crippen LogP contribution < -0.4 is 10.6 Å². The van der Waals surface area contributed by atoms with Crippen LogP contribution in [0.1, 0.15) is 77.4 Å². The van der Waals surface area contributed by atoms with Crippen molar-refractivity contribution < 1.29 is 0 Å². The van der Waals surface area contributed by atoms with E-state index in [1.807, 2.05) is 0 Å². The van der Waals surface area contributed by atoms with E-state index in [9.17, 15) is 0 Å². The fourth-order valence-corrected chi connectivity index (χ4v) is 3.50. The lowest BCUT2D eigenvalue weighted by Gasteiger charge is -2.15. The van der Waals surface area contributed by atoms with Crippen LogP contribution in [0.2, 0.25) is 0 Å². The number of rotatable bonds is 10. The summed E-state index contributed by atoms with van der Waals surface area (Å²) in [5.74, 6) is 3.90. The number of guanidine groups is 1. The zero-order chi connectivity index (χ0) is 18.6. The van der Waals surface area contributed by atoms with Gasteiger partial charge in [-0.25, -0.2) is 0 Å². The molecule has 0 amide bonds. The van der Waals surface area contributed by atoms with Crippen molar-refractivity contribution in [3.8, 4) is 0 Å². The Balaban J connectivity index is 1.84. The van der Waals surface area contributed by atoms with Gasteiger partial charge in [0, 0.05) is 39.0 Å². The smallest absolute Gasteiger partial charge is 0.191 e. The molecule has 1 aromatic rings. The van der Waals surface area contributed by atoms with Gasteiger partial charge in [0.2, 0.25) is 0 Å². The lowest BCUT2D eigenvalue weighted by atomic mass is 10.00. The van der Waals surface area contributed by atoms with Gasteiger partial charge in [-0.1, -0.05) is 39.5 Å². The van der Waals surface area contributed by atoms with Crippen LogP contribution in [0.15, 0.2) is 4.99 Å². The number of aromatic nitrogens is 3. The number of hydrogen-bond acceptors (Lipinski definition) is 3. The van der Waals surface area contributed by atoms with E-state index in [2.05, 4.69) is 46.2 Å². The molecule has 0 saturated heterocycles. The molecule has 0 aromatic carbocycles. The minimum Gasteiger partial charge on any atom is -0.357 e. The first-order chi connectivity index (χ1) is 12.8. The van der Waals surface area contributed by atoms with Gasteiger partial charge in [-0.2, -0.15) is 0 Å².